The molecule has 1 aliphatic rings. The van der Waals surface area contributed by atoms with E-state index in [-0.39, 0.29) is 0 Å². The van der Waals surface area contributed by atoms with E-state index in [4.69, 9.17) is 16.3 Å². The molecule has 0 aromatic heterocycles. The van der Waals surface area contributed by atoms with Crippen molar-refractivity contribution in [2.24, 2.45) is 5.92 Å². The third-order valence-electron chi connectivity index (χ3n) is 3.46. The molecule has 17 heavy (non-hydrogen) atoms. The smallest absolute Gasteiger partial charge is 0.137 e. The number of hydrogen-bond acceptors (Lipinski definition) is 2. The molecule has 1 saturated carbocycles. The standard InChI is InChI=1S/C14H20ClNO/c1-10-4-3-5-11(8-10)16-12-6-7-14(17-2)13(15)9-12/h6-7,9-11,16H,3-5,8H2,1-2H3. The summed E-state index contributed by atoms with van der Waals surface area (Å²) in [6, 6.07) is 6.48. The van der Waals surface area contributed by atoms with Gasteiger partial charge in [-0.1, -0.05) is 31.4 Å². The Morgan fingerprint density at radius 3 is 2.82 bits per heavy atom. The molecule has 1 aromatic carbocycles. The second-order valence-electron chi connectivity index (χ2n) is 4.96. The van der Waals surface area contributed by atoms with Gasteiger partial charge in [-0.3, -0.25) is 0 Å². The lowest BCUT2D eigenvalue weighted by Gasteiger charge is -2.28. The van der Waals surface area contributed by atoms with Gasteiger partial charge < -0.3 is 10.1 Å². The van der Waals surface area contributed by atoms with E-state index in [0.717, 1.165) is 17.4 Å². The van der Waals surface area contributed by atoms with Crippen molar-refractivity contribution in [3.8, 4) is 5.75 Å². The maximum atomic E-state index is 6.11. The van der Waals surface area contributed by atoms with Gasteiger partial charge in [-0.05, 0) is 37.0 Å². The van der Waals surface area contributed by atoms with Crippen LogP contribution in [0.4, 0.5) is 5.69 Å². The molecule has 1 aliphatic carbocycles. The lowest BCUT2D eigenvalue weighted by molar-refractivity contribution is 0.358. The van der Waals surface area contributed by atoms with E-state index < -0.39 is 0 Å². The molecule has 0 amide bonds. The molecule has 0 aliphatic heterocycles. The molecule has 94 valence electrons. The quantitative estimate of drug-likeness (QED) is 0.865. The fraction of sp³-hybridized carbons (Fsp3) is 0.571. The zero-order valence-electron chi connectivity index (χ0n) is 10.5. The normalized spacial score (nSPS) is 24.4. The van der Waals surface area contributed by atoms with E-state index >= 15 is 0 Å². The van der Waals surface area contributed by atoms with Gasteiger partial charge in [0.2, 0.25) is 0 Å². The van der Waals surface area contributed by atoms with Crippen LogP contribution in [0.1, 0.15) is 32.6 Å². The Hall–Kier alpha value is -0.890. The summed E-state index contributed by atoms with van der Waals surface area (Å²) < 4.78 is 5.15. The van der Waals surface area contributed by atoms with Gasteiger partial charge in [-0.2, -0.15) is 0 Å². The van der Waals surface area contributed by atoms with Crippen molar-refractivity contribution in [2.45, 2.75) is 38.6 Å². The van der Waals surface area contributed by atoms with Crippen molar-refractivity contribution in [3.63, 3.8) is 0 Å². The summed E-state index contributed by atoms with van der Waals surface area (Å²) in [5.74, 6) is 1.56. The zero-order chi connectivity index (χ0) is 12.3. The lowest BCUT2D eigenvalue weighted by Crippen LogP contribution is -2.26. The van der Waals surface area contributed by atoms with Crippen LogP contribution < -0.4 is 10.1 Å². The van der Waals surface area contributed by atoms with Crippen molar-refractivity contribution < 1.29 is 4.74 Å². The number of anilines is 1. The maximum Gasteiger partial charge on any atom is 0.137 e. The molecule has 2 nitrogen and oxygen atoms in total. The number of benzene rings is 1. The predicted octanol–water partition coefficient (Wildman–Crippen LogP) is 4.34. The first-order valence-electron chi connectivity index (χ1n) is 6.29. The van der Waals surface area contributed by atoms with Crippen LogP contribution in [0, 0.1) is 5.92 Å². The molecule has 0 saturated heterocycles. The molecular formula is C14H20ClNO. The minimum atomic E-state index is 0.586. The van der Waals surface area contributed by atoms with Crippen molar-refractivity contribution in [2.75, 3.05) is 12.4 Å². The Balaban J connectivity index is 2.00. The third kappa shape index (κ3) is 3.29. The van der Waals surface area contributed by atoms with Crippen LogP contribution in [0.5, 0.6) is 5.75 Å². The fourth-order valence-electron chi connectivity index (χ4n) is 2.56. The predicted molar refractivity (Wildman–Crippen MR) is 73.0 cm³/mol. The van der Waals surface area contributed by atoms with Gasteiger partial charge in [-0.25, -0.2) is 0 Å². The third-order valence-corrected chi connectivity index (χ3v) is 3.75. The van der Waals surface area contributed by atoms with E-state index in [1.807, 2.05) is 18.2 Å². The second-order valence-corrected chi connectivity index (χ2v) is 5.37. The SMILES string of the molecule is COc1ccc(NC2CCCC(C)C2)cc1Cl. The number of hydrogen-bond donors (Lipinski definition) is 1. The number of ether oxygens (including phenoxy) is 1. The second kappa shape index (κ2) is 5.63. The van der Waals surface area contributed by atoms with Crippen LogP contribution in [0.15, 0.2) is 18.2 Å². The fourth-order valence-corrected chi connectivity index (χ4v) is 2.81. The van der Waals surface area contributed by atoms with E-state index in [1.54, 1.807) is 7.11 Å². The highest BCUT2D eigenvalue weighted by Gasteiger charge is 2.18. The molecule has 1 aromatic rings. The largest absolute Gasteiger partial charge is 0.495 e. The van der Waals surface area contributed by atoms with Gasteiger partial charge in [-0.15, -0.1) is 0 Å². The van der Waals surface area contributed by atoms with Gasteiger partial charge in [0.05, 0.1) is 12.1 Å². The first kappa shape index (κ1) is 12.6. The average Bonchev–Trinajstić information content (AvgIpc) is 2.29. The van der Waals surface area contributed by atoms with E-state index in [9.17, 15) is 0 Å². The van der Waals surface area contributed by atoms with Gasteiger partial charge in [0.1, 0.15) is 5.75 Å². The minimum Gasteiger partial charge on any atom is -0.495 e. The summed E-state index contributed by atoms with van der Waals surface area (Å²) in [6.07, 6.45) is 5.20. The highest BCUT2D eigenvalue weighted by molar-refractivity contribution is 6.32. The molecule has 0 radical (unpaired) electrons. The topological polar surface area (TPSA) is 21.3 Å². The average molecular weight is 254 g/mol. The van der Waals surface area contributed by atoms with Gasteiger partial charge in [0, 0.05) is 11.7 Å². The Labute approximate surface area is 108 Å². The Morgan fingerprint density at radius 1 is 1.35 bits per heavy atom. The highest BCUT2D eigenvalue weighted by Crippen LogP contribution is 2.30. The molecule has 2 unspecified atom stereocenters. The highest BCUT2D eigenvalue weighted by atomic mass is 35.5. The molecule has 2 rings (SSSR count). The number of nitrogens with one attached hydrogen (secondary N) is 1. The number of methoxy groups -OCH3 is 1. The monoisotopic (exact) mass is 253 g/mol. The lowest BCUT2D eigenvalue weighted by atomic mass is 9.87. The van der Waals surface area contributed by atoms with Crippen LogP contribution in [0.3, 0.4) is 0 Å². The Morgan fingerprint density at radius 2 is 2.18 bits per heavy atom. The van der Waals surface area contributed by atoms with Gasteiger partial charge in [0.25, 0.3) is 0 Å². The molecule has 1 N–H and O–H groups in total. The summed E-state index contributed by atoms with van der Waals surface area (Å²) in [7, 11) is 1.64. The van der Waals surface area contributed by atoms with E-state index in [2.05, 4.69) is 12.2 Å². The van der Waals surface area contributed by atoms with Crippen LogP contribution in [-0.2, 0) is 0 Å². The van der Waals surface area contributed by atoms with Crippen molar-refractivity contribution >= 4 is 17.3 Å². The van der Waals surface area contributed by atoms with Gasteiger partial charge >= 0.3 is 0 Å². The maximum absolute atomic E-state index is 6.11. The first-order valence-corrected chi connectivity index (χ1v) is 6.67. The summed E-state index contributed by atoms with van der Waals surface area (Å²) in [5, 5.41) is 4.23. The molecule has 1 fully saturated rings. The molecule has 0 bridgehead atoms. The molecular weight excluding hydrogens is 234 g/mol. The van der Waals surface area contributed by atoms with Gasteiger partial charge in [0.15, 0.2) is 0 Å². The summed E-state index contributed by atoms with van der Waals surface area (Å²) in [6.45, 7) is 2.33. The van der Waals surface area contributed by atoms with E-state index in [1.165, 1.54) is 25.7 Å². The number of halogens is 1. The number of rotatable bonds is 3. The Kier molecular flexibility index (Phi) is 4.16. The van der Waals surface area contributed by atoms with Crippen LogP contribution in [0.25, 0.3) is 0 Å². The van der Waals surface area contributed by atoms with Crippen LogP contribution in [-0.4, -0.2) is 13.2 Å². The summed E-state index contributed by atoms with van der Waals surface area (Å²) in [5.41, 5.74) is 1.09. The molecule has 0 spiro atoms. The van der Waals surface area contributed by atoms with Crippen LogP contribution >= 0.6 is 11.6 Å². The minimum absolute atomic E-state index is 0.586. The Bertz CT molecular complexity index is 380. The molecule has 3 heteroatoms. The van der Waals surface area contributed by atoms with Crippen molar-refractivity contribution in [1.29, 1.82) is 0 Å². The van der Waals surface area contributed by atoms with Crippen molar-refractivity contribution in [3.05, 3.63) is 23.2 Å². The summed E-state index contributed by atoms with van der Waals surface area (Å²) in [4.78, 5) is 0. The van der Waals surface area contributed by atoms with Crippen molar-refractivity contribution in [1.82, 2.24) is 0 Å². The first-order chi connectivity index (χ1) is 8.19. The molecule has 2 atom stereocenters. The summed E-state index contributed by atoms with van der Waals surface area (Å²) >= 11 is 6.11. The zero-order valence-corrected chi connectivity index (χ0v) is 11.3. The van der Waals surface area contributed by atoms with E-state index in [0.29, 0.717) is 11.1 Å². The molecule has 0 heterocycles. The van der Waals surface area contributed by atoms with Crippen LogP contribution in [0.2, 0.25) is 5.02 Å².